The molecule has 0 radical (unpaired) electrons. The summed E-state index contributed by atoms with van der Waals surface area (Å²) in [5.74, 6) is 0.749. The van der Waals surface area contributed by atoms with E-state index in [4.69, 9.17) is 4.74 Å². The van der Waals surface area contributed by atoms with E-state index in [-0.39, 0.29) is 11.5 Å². The second kappa shape index (κ2) is 4.28. The number of hydrogen-bond acceptors (Lipinski definition) is 4. The molecule has 0 atom stereocenters. The minimum Gasteiger partial charge on any atom is -0.483 e. The van der Waals surface area contributed by atoms with Crippen LogP contribution in [-0.4, -0.2) is 28.3 Å². The van der Waals surface area contributed by atoms with Gasteiger partial charge >= 0.3 is 0 Å². The van der Waals surface area contributed by atoms with Crippen molar-refractivity contribution in [1.29, 1.82) is 0 Å². The van der Waals surface area contributed by atoms with Crippen molar-refractivity contribution in [1.82, 2.24) is 10.2 Å². The molecular formula is C16H15N3O2. The number of anilines is 1. The van der Waals surface area contributed by atoms with Gasteiger partial charge in [-0.3, -0.25) is 4.79 Å². The lowest BCUT2D eigenvalue weighted by atomic mass is 10.1. The Balaban J connectivity index is 1.78. The van der Waals surface area contributed by atoms with Crippen LogP contribution < -0.4 is 9.64 Å². The molecule has 1 aliphatic heterocycles. The number of fused-ring (bicyclic) bond motifs is 1. The lowest BCUT2D eigenvalue weighted by Crippen LogP contribution is -2.45. The summed E-state index contributed by atoms with van der Waals surface area (Å²) in [6.07, 6.45) is 3.55. The fourth-order valence-corrected chi connectivity index (χ4v) is 2.76. The van der Waals surface area contributed by atoms with Gasteiger partial charge in [0.25, 0.3) is 5.91 Å². The molecule has 1 fully saturated rings. The summed E-state index contributed by atoms with van der Waals surface area (Å²) in [6.45, 7) is 2.41. The third-order valence-electron chi connectivity index (χ3n) is 4.12. The zero-order valence-corrected chi connectivity index (χ0v) is 11.7. The van der Waals surface area contributed by atoms with E-state index in [1.54, 1.807) is 19.2 Å². The number of nitrogens with zero attached hydrogens (tertiary/aromatic N) is 3. The lowest BCUT2D eigenvalue weighted by Gasteiger charge is -2.35. The van der Waals surface area contributed by atoms with Crippen molar-refractivity contribution in [3.63, 3.8) is 0 Å². The Morgan fingerprint density at radius 2 is 2.10 bits per heavy atom. The van der Waals surface area contributed by atoms with Crippen molar-refractivity contribution in [2.45, 2.75) is 25.4 Å². The Morgan fingerprint density at radius 1 is 1.29 bits per heavy atom. The summed E-state index contributed by atoms with van der Waals surface area (Å²) in [4.78, 5) is 14.7. The zero-order valence-electron chi connectivity index (χ0n) is 11.7. The predicted molar refractivity (Wildman–Crippen MR) is 77.5 cm³/mol. The van der Waals surface area contributed by atoms with E-state index in [0.717, 1.165) is 24.3 Å². The molecule has 0 bridgehead atoms. The predicted octanol–water partition coefficient (Wildman–Crippen LogP) is 2.36. The topological polar surface area (TPSA) is 55.3 Å². The molecule has 1 saturated carbocycles. The molecule has 0 N–H and O–H groups in total. The molecule has 1 amide bonds. The highest BCUT2D eigenvalue weighted by atomic mass is 16.5. The molecule has 4 rings (SSSR count). The van der Waals surface area contributed by atoms with E-state index in [9.17, 15) is 4.79 Å². The summed E-state index contributed by atoms with van der Waals surface area (Å²) < 4.78 is 6.06. The summed E-state index contributed by atoms with van der Waals surface area (Å²) in [6, 6.07) is 9.42. The van der Waals surface area contributed by atoms with E-state index in [2.05, 4.69) is 10.2 Å². The van der Waals surface area contributed by atoms with Gasteiger partial charge in [-0.25, -0.2) is 0 Å². The van der Waals surface area contributed by atoms with E-state index in [1.165, 1.54) is 0 Å². The Bertz CT molecular complexity index is 725. The van der Waals surface area contributed by atoms with E-state index in [0.29, 0.717) is 17.8 Å². The molecule has 0 saturated heterocycles. The van der Waals surface area contributed by atoms with Crippen molar-refractivity contribution >= 4 is 11.6 Å². The zero-order chi connectivity index (χ0) is 14.4. The van der Waals surface area contributed by atoms with Gasteiger partial charge in [0.15, 0.2) is 0 Å². The molecule has 5 nitrogen and oxygen atoms in total. The van der Waals surface area contributed by atoms with Crippen LogP contribution in [0.15, 0.2) is 36.5 Å². The first-order valence-corrected chi connectivity index (χ1v) is 7.07. The standard InChI is InChI=1S/C16H15N3O2/c1-11-12(6-9-17-18-11)15(20)19-10-16(7-8-16)21-14-5-3-2-4-13(14)19/h2-6,9H,7-8,10H2,1H3. The molecule has 1 aliphatic carbocycles. The molecule has 2 heterocycles. The number of amides is 1. The van der Waals surface area contributed by atoms with Crippen molar-refractivity contribution in [2.75, 3.05) is 11.4 Å². The van der Waals surface area contributed by atoms with Crippen LogP contribution >= 0.6 is 0 Å². The fraction of sp³-hybridized carbons (Fsp3) is 0.312. The summed E-state index contributed by atoms with van der Waals surface area (Å²) in [5, 5.41) is 7.79. The number of benzene rings is 1. The first kappa shape index (κ1) is 12.3. The number of hydrogen-bond donors (Lipinski definition) is 0. The van der Waals surface area contributed by atoms with Crippen LogP contribution in [0.25, 0.3) is 0 Å². The Kier molecular flexibility index (Phi) is 2.51. The molecule has 1 aromatic carbocycles. The van der Waals surface area contributed by atoms with Gasteiger partial charge in [-0.05, 0) is 38.0 Å². The van der Waals surface area contributed by atoms with Crippen LogP contribution in [0.3, 0.4) is 0 Å². The Labute approximate surface area is 122 Å². The van der Waals surface area contributed by atoms with Gasteiger partial charge in [0.1, 0.15) is 11.4 Å². The van der Waals surface area contributed by atoms with Crippen molar-refractivity contribution in [3.05, 3.63) is 47.8 Å². The van der Waals surface area contributed by atoms with Gasteiger partial charge < -0.3 is 9.64 Å². The van der Waals surface area contributed by atoms with Crippen LogP contribution in [0.1, 0.15) is 28.9 Å². The van der Waals surface area contributed by atoms with E-state index in [1.807, 2.05) is 29.2 Å². The number of carbonyl (C=O) groups is 1. The highest BCUT2D eigenvalue weighted by molar-refractivity contribution is 6.07. The molecule has 2 aromatic rings. The summed E-state index contributed by atoms with van der Waals surface area (Å²) >= 11 is 0. The minimum absolute atomic E-state index is 0.0376. The number of carbonyl (C=O) groups excluding carboxylic acids is 1. The first-order valence-electron chi connectivity index (χ1n) is 7.07. The number of aryl methyl sites for hydroxylation is 1. The van der Waals surface area contributed by atoms with Gasteiger partial charge in [-0.1, -0.05) is 12.1 Å². The molecule has 1 aromatic heterocycles. The van der Waals surface area contributed by atoms with Crippen LogP contribution in [0.4, 0.5) is 5.69 Å². The Hall–Kier alpha value is -2.43. The van der Waals surface area contributed by atoms with Gasteiger partial charge in [0.05, 0.1) is 29.7 Å². The number of ether oxygens (including phenoxy) is 1. The monoisotopic (exact) mass is 281 g/mol. The maximum absolute atomic E-state index is 12.9. The van der Waals surface area contributed by atoms with Crippen molar-refractivity contribution in [2.24, 2.45) is 0 Å². The van der Waals surface area contributed by atoms with Crippen LogP contribution in [0, 0.1) is 6.92 Å². The van der Waals surface area contributed by atoms with Gasteiger partial charge in [-0.15, -0.1) is 0 Å². The average molecular weight is 281 g/mol. The number of rotatable bonds is 1. The van der Waals surface area contributed by atoms with Gasteiger partial charge in [0, 0.05) is 0 Å². The Morgan fingerprint density at radius 3 is 2.86 bits per heavy atom. The van der Waals surface area contributed by atoms with Crippen molar-refractivity contribution < 1.29 is 9.53 Å². The molecule has 1 spiro atoms. The third kappa shape index (κ3) is 1.96. The van der Waals surface area contributed by atoms with Crippen LogP contribution in [0.2, 0.25) is 0 Å². The molecule has 106 valence electrons. The SMILES string of the molecule is Cc1nnccc1C(=O)N1CC2(CC2)Oc2ccccc21. The highest BCUT2D eigenvalue weighted by Gasteiger charge is 2.51. The lowest BCUT2D eigenvalue weighted by molar-refractivity contribution is 0.0942. The molecular weight excluding hydrogens is 266 g/mol. The highest BCUT2D eigenvalue weighted by Crippen LogP contribution is 2.48. The summed E-state index contributed by atoms with van der Waals surface area (Å²) in [5.41, 5.74) is 1.89. The fourth-order valence-electron chi connectivity index (χ4n) is 2.76. The smallest absolute Gasteiger partial charge is 0.260 e. The van der Waals surface area contributed by atoms with Gasteiger partial charge in [0.2, 0.25) is 0 Å². The molecule has 5 heteroatoms. The second-order valence-electron chi connectivity index (χ2n) is 5.67. The first-order chi connectivity index (χ1) is 10.2. The average Bonchev–Trinajstić information content (AvgIpc) is 3.25. The molecule has 21 heavy (non-hydrogen) atoms. The number of para-hydroxylation sites is 2. The third-order valence-corrected chi connectivity index (χ3v) is 4.12. The van der Waals surface area contributed by atoms with Crippen LogP contribution in [0.5, 0.6) is 5.75 Å². The van der Waals surface area contributed by atoms with Gasteiger partial charge in [-0.2, -0.15) is 10.2 Å². The minimum atomic E-state index is -0.182. The largest absolute Gasteiger partial charge is 0.483 e. The number of aromatic nitrogens is 2. The molecule has 2 aliphatic rings. The van der Waals surface area contributed by atoms with E-state index >= 15 is 0 Å². The van der Waals surface area contributed by atoms with Crippen molar-refractivity contribution in [3.8, 4) is 5.75 Å². The second-order valence-corrected chi connectivity index (χ2v) is 5.67. The maximum atomic E-state index is 12.9. The normalized spacial score (nSPS) is 18.0. The van der Waals surface area contributed by atoms with E-state index < -0.39 is 0 Å². The van der Waals surface area contributed by atoms with Crippen LogP contribution in [-0.2, 0) is 0 Å². The quantitative estimate of drug-likeness (QED) is 0.805. The summed E-state index contributed by atoms with van der Waals surface area (Å²) in [7, 11) is 0. The maximum Gasteiger partial charge on any atom is 0.260 e. The molecule has 0 unspecified atom stereocenters.